The fourth-order valence-electron chi connectivity index (χ4n) is 1.83. The van der Waals surface area contributed by atoms with Crippen molar-refractivity contribution in [1.82, 2.24) is 5.32 Å². The Kier molecular flexibility index (Phi) is 6.42. The molecule has 1 rings (SSSR count). The molecule has 0 aliphatic heterocycles. The number of thioether (sulfide) groups is 1. The minimum atomic E-state index is -0.952. The van der Waals surface area contributed by atoms with Crippen LogP contribution in [0.3, 0.4) is 0 Å². The number of carboxylic acid groups (broad SMARTS) is 1. The lowest BCUT2D eigenvalue weighted by Crippen LogP contribution is -2.34. The summed E-state index contributed by atoms with van der Waals surface area (Å²) in [5.74, 6) is -0.120. The Morgan fingerprint density at radius 1 is 1.37 bits per heavy atom. The Morgan fingerprint density at radius 3 is 2.68 bits per heavy atom. The topological polar surface area (TPSA) is 66.4 Å². The lowest BCUT2D eigenvalue weighted by molar-refractivity contribution is -0.121. The molecule has 104 valence electrons. The fraction of sp³-hybridized carbons (Fsp3) is 0.429. The molecule has 1 atom stereocenters. The average molecular weight is 281 g/mol. The van der Waals surface area contributed by atoms with E-state index in [1.165, 1.54) is 0 Å². The number of hydrogen-bond acceptors (Lipinski definition) is 3. The van der Waals surface area contributed by atoms with Gasteiger partial charge in [-0.1, -0.05) is 18.2 Å². The lowest BCUT2D eigenvalue weighted by Gasteiger charge is -2.12. The van der Waals surface area contributed by atoms with Crippen LogP contribution in [0.1, 0.15) is 29.3 Å². The van der Waals surface area contributed by atoms with E-state index < -0.39 is 5.97 Å². The van der Waals surface area contributed by atoms with Crippen LogP contribution in [0, 0.1) is 0 Å². The molecule has 1 aromatic carbocycles. The van der Waals surface area contributed by atoms with E-state index >= 15 is 0 Å². The summed E-state index contributed by atoms with van der Waals surface area (Å²) in [5.41, 5.74) is 0.968. The monoisotopic (exact) mass is 281 g/mol. The molecular weight excluding hydrogens is 262 g/mol. The zero-order chi connectivity index (χ0) is 14.3. The van der Waals surface area contributed by atoms with Crippen LogP contribution in [-0.2, 0) is 11.2 Å². The van der Waals surface area contributed by atoms with Crippen molar-refractivity contribution in [3.05, 3.63) is 35.4 Å². The first-order valence-corrected chi connectivity index (χ1v) is 7.53. The molecule has 0 saturated heterocycles. The number of aromatic carboxylic acids is 1. The average Bonchev–Trinajstić information content (AvgIpc) is 2.36. The summed E-state index contributed by atoms with van der Waals surface area (Å²) >= 11 is 1.68. The van der Waals surface area contributed by atoms with Crippen LogP contribution in [0.4, 0.5) is 0 Å². The highest BCUT2D eigenvalue weighted by Gasteiger charge is 2.11. The van der Waals surface area contributed by atoms with Crippen molar-refractivity contribution in [1.29, 1.82) is 0 Å². The molecule has 0 aromatic heterocycles. The molecule has 1 amide bonds. The minimum absolute atomic E-state index is 0.0401. The highest BCUT2D eigenvalue weighted by molar-refractivity contribution is 7.98. The van der Waals surface area contributed by atoms with Crippen molar-refractivity contribution in [2.75, 3.05) is 12.0 Å². The first-order chi connectivity index (χ1) is 9.04. The van der Waals surface area contributed by atoms with E-state index in [4.69, 9.17) is 5.11 Å². The van der Waals surface area contributed by atoms with Gasteiger partial charge in [-0.2, -0.15) is 11.8 Å². The second kappa shape index (κ2) is 7.84. The molecular formula is C14H19NO3S. The molecule has 0 aliphatic rings. The summed E-state index contributed by atoms with van der Waals surface area (Å²) in [6, 6.07) is 6.93. The molecule has 5 heteroatoms. The van der Waals surface area contributed by atoms with Gasteiger partial charge in [-0.3, -0.25) is 4.79 Å². The summed E-state index contributed by atoms with van der Waals surface area (Å²) in [6.07, 6.45) is 2.75. The number of rotatable bonds is 7. The maximum atomic E-state index is 11.7. The van der Waals surface area contributed by atoms with Crippen molar-refractivity contribution < 1.29 is 14.7 Å². The lowest BCUT2D eigenvalue weighted by atomic mass is 10.0. The number of aryl methyl sites for hydroxylation is 1. The zero-order valence-corrected chi connectivity index (χ0v) is 12.0. The SMILES string of the molecule is CSCC(C)NC(=O)CCc1ccccc1C(=O)O. The van der Waals surface area contributed by atoms with Crippen molar-refractivity contribution in [3.8, 4) is 0 Å². The fourth-order valence-corrected chi connectivity index (χ4v) is 2.42. The normalized spacial score (nSPS) is 11.9. The van der Waals surface area contributed by atoms with Gasteiger partial charge in [0.25, 0.3) is 0 Å². The van der Waals surface area contributed by atoms with Gasteiger partial charge in [-0.05, 0) is 31.2 Å². The molecule has 0 radical (unpaired) electrons. The maximum absolute atomic E-state index is 11.7. The van der Waals surface area contributed by atoms with E-state index in [2.05, 4.69) is 5.32 Å². The van der Waals surface area contributed by atoms with Gasteiger partial charge in [-0.15, -0.1) is 0 Å². The Bertz CT molecular complexity index is 448. The van der Waals surface area contributed by atoms with Crippen LogP contribution >= 0.6 is 11.8 Å². The quantitative estimate of drug-likeness (QED) is 0.804. The predicted molar refractivity (Wildman–Crippen MR) is 77.7 cm³/mol. The van der Waals surface area contributed by atoms with Crippen LogP contribution in [0.2, 0.25) is 0 Å². The summed E-state index contributed by atoms with van der Waals surface area (Å²) in [5, 5.41) is 11.9. The van der Waals surface area contributed by atoms with Crippen LogP contribution < -0.4 is 5.32 Å². The zero-order valence-electron chi connectivity index (χ0n) is 11.2. The third-order valence-corrected chi connectivity index (χ3v) is 3.53. The van der Waals surface area contributed by atoms with Crippen molar-refractivity contribution in [3.63, 3.8) is 0 Å². The molecule has 4 nitrogen and oxygen atoms in total. The number of carboxylic acids is 1. The van der Waals surface area contributed by atoms with Gasteiger partial charge >= 0.3 is 5.97 Å². The number of benzene rings is 1. The van der Waals surface area contributed by atoms with Gasteiger partial charge < -0.3 is 10.4 Å². The first kappa shape index (κ1) is 15.6. The Hall–Kier alpha value is -1.49. The Labute approximate surface area is 117 Å². The van der Waals surface area contributed by atoms with Crippen LogP contribution in [-0.4, -0.2) is 35.0 Å². The van der Waals surface area contributed by atoms with Gasteiger partial charge in [0.1, 0.15) is 0 Å². The predicted octanol–water partition coefficient (Wildman–Crippen LogP) is 2.19. The molecule has 1 aromatic rings. The number of amides is 1. The number of hydrogen-bond donors (Lipinski definition) is 2. The maximum Gasteiger partial charge on any atom is 0.335 e. The molecule has 1 unspecified atom stereocenters. The van der Waals surface area contributed by atoms with Gasteiger partial charge in [0.2, 0.25) is 5.91 Å². The Balaban J connectivity index is 2.53. The van der Waals surface area contributed by atoms with Crippen LogP contribution in [0.15, 0.2) is 24.3 Å². The molecule has 19 heavy (non-hydrogen) atoms. The third kappa shape index (κ3) is 5.34. The number of carbonyl (C=O) groups is 2. The number of carbonyl (C=O) groups excluding carboxylic acids is 1. The molecule has 0 saturated carbocycles. The van der Waals surface area contributed by atoms with Crippen molar-refractivity contribution >= 4 is 23.6 Å². The van der Waals surface area contributed by atoms with Gasteiger partial charge in [0.15, 0.2) is 0 Å². The first-order valence-electron chi connectivity index (χ1n) is 6.14. The minimum Gasteiger partial charge on any atom is -0.478 e. The smallest absolute Gasteiger partial charge is 0.335 e. The second-order valence-electron chi connectivity index (χ2n) is 4.39. The molecule has 2 N–H and O–H groups in total. The van der Waals surface area contributed by atoms with E-state index in [9.17, 15) is 9.59 Å². The third-order valence-electron chi connectivity index (χ3n) is 2.69. The molecule has 0 spiro atoms. The molecule has 0 bridgehead atoms. The second-order valence-corrected chi connectivity index (χ2v) is 5.30. The summed E-state index contributed by atoms with van der Waals surface area (Å²) in [6.45, 7) is 1.96. The van der Waals surface area contributed by atoms with Crippen LogP contribution in [0.5, 0.6) is 0 Å². The van der Waals surface area contributed by atoms with Gasteiger partial charge in [0, 0.05) is 18.2 Å². The highest BCUT2D eigenvalue weighted by Crippen LogP contribution is 2.11. The van der Waals surface area contributed by atoms with Crippen molar-refractivity contribution in [2.45, 2.75) is 25.8 Å². The van der Waals surface area contributed by atoms with E-state index in [1.54, 1.807) is 36.0 Å². The van der Waals surface area contributed by atoms with Gasteiger partial charge in [0.05, 0.1) is 5.56 Å². The standard InChI is InChI=1S/C14H19NO3S/c1-10(9-19-2)15-13(16)8-7-11-5-3-4-6-12(11)14(17)18/h3-6,10H,7-9H2,1-2H3,(H,15,16)(H,17,18). The van der Waals surface area contributed by atoms with E-state index in [0.717, 1.165) is 5.75 Å². The van der Waals surface area contributed by atoms with Gasteiger partial charge in [-0.25, -0.2) is 4.79 Å². The number of nitrogens with one attached hydrogen (secondary N) is 1. The van der Waals surface area contributed by atoms with Crippen LogP contribution in [0.25, 0.3) is 0 Å². The molecule has 0 aliphatic carbocycles. The molecule has 0 heterocycles. The largest absolute Gasteiger partial charge is 0.478 e. The summed E-state index contributed by atoms with van der Waals surface area (Å²) < 4.78 is 0. The van der Waals surface area contributed by atoms with Crippen molar-refractivity contribution in [2.24, 2.45) is 0 Å². The van der Waals surface area contributed by atoms with E-state index in [1.807, 2.05) is 13.2 Å². The van der Waals surface area contributed by atoms with E-state index in [-0.39, 0.29) is 17.5 Å². The summed E-state index contributed by atoms with van der Waals surface area (Å²) in [7, 11) is 0. The van der Waals surface area contributed by atoms with E-state index in [0.29, 0.717) is 18.4 Å². The Morgan fingerprint density at radius 2 is 2.05 bits per heavy atom. The molecule has 0 fully saturated rings. The summed E-state index contributed by atoms with van der Waals surface area (Å²) in [4.78, 5) is 22.7. The highest BCUT2D eigenvalue weighted by atomic mass is 32.2.